The summed E-state index contributed by atoms with van der Waals surface area (Å²) >= 11 is 0. The van der Waals surface area contributed by atoms with Crippen LogP contribution in [-0.4, -0.2) is 29.5 Å². The van der Waals surface area contributed by atoms with Gasteiger partial charge in [-0.2, -0.15) is 5.26 Å². The summed E-state index contributed by atoms with van der Waals surface area (Å²) < 4.78 is 27.3. The molecule has 0 radical (unpaired) electrons. The number of hydrogen-bond acceptors (Lipinski definition) is 6. The van der Waals surface area contributed by atoms with Crippen molar-refractivity contribution in [1.82, 2.24) is 8.96 Å². The predicted molar refractivity (Wildman–Crippen MR) is 112 cm³/mol. The zero-order valence-corrected chi connectivity index (χ0v) is 16.9. The fourth-order valence-electron chi connectivity index (χ4n) is 4.18. The van der Waals surface area contributed by atoms with Gasteiger partial charge in [0.15, 0.2) is 5.65 Å². The van der Waals surface area contributed by atoms with Crippen molar-refractivity contribution in [3.05, 3.63) is 54.4 Å². The van der Waals surface area contributed by atoms with Crippen LogP contribution in [0, 0.1) is 17.2 Å². The first-order valence-corrected chi connectivity index (χ1v) is 11.1. The van der Waals surface area contributed by atoms with E-state index in [1.807, 2.05) is 0 Å². The smallest absolute Gasteiger partial charge is 0.269 e. The Hall–Kier alpha value is -2.89. The Morgan fingerprint density at radius 3 is 2.72 bits per heavy atom. The van der Waals surface area contributed by atoms with Crippen molar-refractivity contribution in [3.63, 3.8) is 0 Å². The Bertz CT molecular complexity index is 1180. The molecule has 0 saturated heterocycles. The molecule has 29 heavy (non-hydrogen) atoms. The lowest BCUT2D eigenvalue weighted by Gasteiger charge is -2.22. The van der Waals surface area contributed by atoms with Gasteiger partial charge in [0.2, 0.25) is 0 Å². The summed E-state index contributed by atoms with van der Waals surface area (Å²) in [5.74, 6) is 0.412. The lowest BCUT2D eigenvalue weighted by Crippen LogP contribution is -2.25. The highest BCUT2D eigenvalue weighted by Gasteiger charge is 2.32. The van der Waals surface area contributed by atoms with Crippen LogP contribution in [0.1, 0.15) is 31.7 Å². The number of benzene rings is 1. The Balaban J connectivity index is 1.81. The average Bonchev–Trinajstić information content (AvgIpc) is 3.32. The number of nitrogens with two attached hydrogens (primary N) is 1. The van der Waals surface area contributed by atoms with Gasteiger partial charge in [0, 0.05) is 29.9 Å². The van der Waals surface area contributed by atoms with Gasteiger partial charge in [0.25, 0.3) is 10.0 Å². The number of nitrogens with zero attached hydrogens (tertiary/aromatic N) is 3. The van der Waals surface area contributed by atoms with E-state index in [0.29, 0.717) is 28.2 Å². The molecule has 0 aliphatic heterocycles. The van der Waals surface area contributed by atoms with Crippen LogP contribution in [0.4, 0.5) is 5.69 Å². The molecule has 2 aromatic heterocycles. The number of aromatic nitrogens is 2. The minimum absolute atomic E-state index is 0.128. The fourth-order valence-corrected chi connectivity index (χ4v) is 5.51. The summed E-state index contributed by atoms with van der Waals surface area (Å²) in [7, 11) is -3.79. The largest absolute Gasteiger partial charge is 0.380 e. The zero-order valence-electron chi connectivity index (χ0n) is 16.1. The molecule has 2 heterocycles. The molecule has 1 fully saturated rings. The number of anilines is 1. The number of nitrogens with one attached hydrogen (secondary N) is 1. The normalized spacial score (nSPS) is 21.9. The third-order valence-corrected chi connectivity index (χ3v) is 7.37. The maximum atomic E-state index is 13.1. The van der Waals surface area contributed by atoms with Gasteiger partial charge in [-0.3, -0.25) is 0 Å². The Morgan fingerprint density at radius 1 is 1.28 bits per heavy atom. The van der Waals surface area contributed by atoms with Crippen LogP contribution in [0.25, 0.3) is 11.0 Å². The van der Waals surface area contributed by atoms with E-state index in [9.17, 15) is 13.7 Å². The second-order valence-corrected chi connectivity index (χ2v) is 9.29. The second-order valence-electron chi connectivity index (χ2n) is 7.48. The molecule has 3 N–H and O–H groups in total. The summed E-state index contributed by atoms with van der Waals surface area (Å²) in [6, 6.07) is 12.4. The SMILES string of the molecule is CC[C@@H]1CC(N)C[C@@H]1Nc1c(C#N)cnc2c1ccn2S(=O)(=O)c1ccccc1. The van der Waals surface area contributed by atoms with Crippen LogP contribution in [0.2, 0.25) is 0 Å². The van der Waals surface area contributed by atoms with Crippen molar-refractivity contribution in [3.8, 4) is 6.07 Å². The molecule has 1 aliphatic carbocycles. The van der Waals surface area contributed by atoms with Crippen molar-refractivity contribution < 1.29 is 8.42 Å². The summed E-state index contributed by atoms with van der Waals surface area (Å²) in [5.41, 5.74) is 7.46. The highest BCUT2D eigenvalue weighted by molar-refractivity contribution is 7.90. The van der Waals surface area contributed by atoms with Gasteiger partial charge in [-0.1, -0.05) is 31.5 Å². The molecule has 1 saturated carbocycles. The summed E-state index contributed by atoms with van der Waals surface area (Å²) in [6.45, 7) is 2.13. The first-order valence-electron chi connectivity index (χ1n) is 9.68. The Kier molecular flexibility index (Phi) is 5.03. The maximum absolute atomic E-state index is 13.1. The monoisotopic (exact) mass is 409 g/mol. The van der Waals surface area contributed by atoms with Crippen LogP contribution in [0.5, 0.6) is 0 Å². The third kappa shape index (κ3) is 3.37. The van der Waals surface area contributed by atoms with Gasteiger partial charge in [-0.25, -0.2) is 17.4 Å². The topological polar surface area (TPSA) is 114 Å². The molecule has 1 aromatic carbocycles. The zero-order chi connectivity index (χ0) is 20.6. The Morgan fingerprint density at radius 2 is 2.03 bits per heavy atom. The quantitative estimate of drug-likeness (QED) is 0.669. The van der Waals surface area contributed by atoms with E-state index in [4.69, 9.17) is 5.73 Å². The molecule has 1 unspecified atom stereocenters. The number of hydrogen-bond donors (Lipinski definition) is 2. The van der Waals surface area contributed by atoms with Gasteiger partial charge < -0.3 is 11.1 Å². The lowest BCUT2D eigenvalue weighted by molar-refractivity contribution is 0.485. The molecular formula is C21H23N5O2S. The van der Waals surface area contributed by atoms with Gasteiger partial charge in [-0.15, -0.1) is 0 Å². The minimum atomic E-state index is -3.79. The van der Waals surface area contributed by atoms with E-state index < -0.39 is 10.0 Å². The van der Waals surface area contributed by atoms with Gasteiger partial charge in [0.05, 0.1) is 16.1 Å². The summed E-state index contributed by atoms with van der Waals surface area (Å²) in [4.78, 5) is 4.48. The maximum Gasteiger partial charge on any atom is 0.269 e. The lowest BCUT2D eigenvalue weighted by atomic mass is 10.00. The van der Waals surface area contributed by atoms with Crippen molar-refractivity contribution in [1.29, 1.82) is 5.26 Å². The van der Waals surface area contributed by atoms with E-state index in [0.717, 1.165) is 19.3 Å². The molecule has 3 aromatic rings. The van der Waals surface area contributed by atoms with Crippen LogP contribution in [-0.2, 0) is 10.0 Å². The summed E-state index contributed by atoms with van der Waals surface area (Å²) in [5, 5.41) is 13.7. The average molecular weight is 410 g/mol. The number of pyridine rings is 1. The van der Waals surface area contributed by atoms with E-state index in [-0.39, 0.29) is 17.0 Å². The molecule has 0 bridgehead atoms. The van der Waals surface area contributed by atoms with E-state index in [1.54, 1.807) is 36.4 Å². The Labute approximate surface area is 170 Å². The van der Waals surface area contributed by atoms with Crippen molar-refractivity contribution in [2.45, 2.75) is 43.2 Å². The molecule has 4 rings (SSSR count). The standard InChI is InChI=1S/C21H23N5O2S/c1-2-14-10-16(23)11-19(14)25-20-15(12-22)13-24-21-18(20)8-9-26(21)29(27,28)17-6-4-3-5-7-17/h3-9,13-14,16,19H,2,10-11,23H2,1H3,(H,24,25)/t14-,16?,19+/m1/s1. The van der Waals surface area contributed by atoms with Crippen molar-refractivity contribution >= 4 is 26.7 Å². The first kappa shape index (κ1) is 19.4. The van der Waals surface area contributed by atoms with Gasteiger partial charge in [0.1, 0.15) is 6.07 Å². The van der Waals surface area contributed by atoms with Gasteiger partial charge >= 0.3 is 0 Å². The van der Waals surface area contributed by atoms with Crippen molar-refractivity contribution in [2.24, 2.45) is 11.7 Å². The molecule has 0 spiro atoms. The molecular weight excluding hydrogens is 386 g/mol. The number of rotatable bonds is 5. The predicted octanol–water partition coefficient (Wildman–Crippen LogP) is 3.07. The molecule has 0 amide bonds. The van der Waals surface area contributed by atoms with E-state index >= 15 is 0 Å². The van der Waals surface area contributed by atoms with Crippen LogP contribution in [0.15, 0.2) is 53.7 Å². The molecule has 7 nitrogen and oxygen atoms in total. The van der Waals surface area contributed by atoms with E-state index in [2.05, 4.69) is 23.3 Å². The van der Waals surface area contributed by atoms with Gasteiger partial charge in [-0.05, 0) is 37.0 Å². The van der Waals surface area contributed by atoms with Crippen LogP contribution >= 0.6 is 0 Å². The highest BCUT2D eigenvalue weighted by atomic mass is 32.2. The summed E-state index contributed by atoms with van der Waals surface area (Å²) in [6.07, 6.45) is 5.66. The molecule has 1 aliphatic rings. The van der Waals surface area contributed by atoms with Crippen LogP contribution < -0.4 is 11.1 Å². The second kappa shape index (κ2) is 7.50. The minimum Gasteiger partial charge on any atom is -0.380 e. The molecule has 150 valence electrons. The fraction of sp³-hybridized carbons (Fsp3) is 0.333. The van der Waals surface area contributed by atoms with Crippen LogP contribution in [0.3, 0.4) is 0 Å². The highest BCUT2D eigenvalue weighted by Crippen LogP contribution is 2.34. The molecule has 3 atom stereocenters. The van der Waals surface area contributed by atoms with E-state index in [1.165, 1.54) is 16.4 Å². The number of fused-ring (bicyclic) bond motifs is 1. The third-order valence-electron chi connectivity index (χ3n) is 5.69. The molecule has 8 heteroatoms. The first-order chi connectivity index (χ1) is 14.0. The number of nitriles is 1. The van der Waals surface area contributed by atoms with Crippen molar-refractivity contribution in [2.75, 3.05) is 5.32 Å².